The summed E-state index contributed by atoms with van der Waals surface area (Å²) in [4.78, 5) is 23.9. The fourth-order valence-electron chi connectivity index (χ4n) is 2.31. The Kier molecular flexibility index (Phi) is 4.04. The van der Waals surface area contributed by atoms with Gasteiger partial charge in [-0.05, 0) is 32.4 Å². The SMILES string of the molecule is CCCn1cc(NC(=O)C2(C)CCNC2)ccc1=O. The number of aromatic nitrogens is 1. The molecule has 0 radical (unpaired) electrons. The molecule has 1 atom stereocenters. The van der Waals surface area contributed by atoms with Crippen LogP contribution >= 0.6 is 0 Å². The second kappa shape index (κ2) is 5.57. The molecular formula is C14H21N3O2. The van der Waals surface area contributed by atoms with Crippen molar-refractivity contribution in [3.05, 3.63) is 28.7 Å². The van der Waals surface area contributed by atoms with Crippen molar-refractivity contribution in [1.82, 2.24) is 9.88 Å². The largest absolute Gasteiger partial charge is 0.324 e. The maximum Gasteiger partial charge on any atom is 0.250 e. The Balaban J connectivity index is 2.12. The zero-order chi connectivity index (χ0) is 13.9. The van der Waals surface area contributed by atoms with Crippen LogP contribution in [0.4, 0.5) is 5.69 Å². The first-order chi connectivity index (χ1) is 9.05. The molecule has 5 heteroatoms. The minimum atomic E-state index is -0.355. The summed E-state index contributed by atoms with van der Waals surface area (Å²) in [5.74, 6) is 0.0131. The van der Waals surface area contributed by atoms with Gasteiger partial charge in [-0.1, -0.05) is 6.92 Å². The van der Waals surface area contributed by atoms with Crippen molar-refractivity contribution in [1.29, 1.82) is 0 Å². The average molecular weight is 263 g/mol. The van der Waals surface area contributed by atoms with Gasteiger partial charge in [0.2, 0.25) is 5.91 Å². The molecule has 1 amide bonds. The Morgan fingerprint density at radius 1 is 1.53 bits per heavy atom. The van der Waals surface area contributed by atoms with E-state index in [0.717, 1.165) is 19.4 Å². The number of rotatable bonds is 4. The number of nitrogens with one attached hydrogen (secondary N) is 2. The molecule has 1 aromatic rings. The Labute approximate surface area is 113 Å². The number of nitrogens with zero attached hydrogens (tertiary/aromatic N) is 1. The molecule has 1 aromatic heterocycles. The van der Waals surface area contributed by atoms with E-state index in [1.165, 1.54) is 6.07 Å². The van der Waals surface area contributed by atoms with Crippen LogP contribution in [0.2, 0.25) is 0 Å². The van der Waals surface area contributed by atoms with Crippen LogP contribution in [-0.2, 0) is 11.3 Å². The van der Waals surface area contributed by atoms with E-state index < -0.39 is 0 Å². The predicted octanol–water partition coefficient (Wildman–Crippen LogP) is 1.20. The van der Waals surface area contributed by atoms with E-state index in [-0.39, 0.29) is 16.9 Å². The first-order valence-corrected chi connectivity index (χ1v) is 6.78. The van der Waals surface area contributed by atoms with Gasteiger partial charge < -0.3 is 15.2 Å². The van der Waals surface area contributed by atoms with Gasteiger partial charge in [-0.25, -0.2) is 0 Å². The lowest BCUT2D eigenvalue weighted by atomic mass is 9.89. The van der Waals surface area contributed by atoms with Crippen molar-refractivity contribution in [2.75, 3.05) is 18.4 Å². The number of carbonyl (C=O) groups excluding carboxylic acids is 1. The molecular weight excluding hydrogens is 242 g/mol. The van der Waals surface area contributed by atoms with Gasteiger partial charge in [0.25, 0.3) is 5.56 Å². The van der Waals surface area contributed by atoms with E-state index in [4.69, 9.17) is 0 Å². The molecule has 5 nitrogen and oxygen atoms in total. The lowest BCUT2D eigenvalue weighted by molar-refractivity contribution is -0.123. The van der Waals surface area contributed by atoms with Crippen molar-refractivity contribution in [3.63, 3.8) is 0 Å². The highest BCUT2D eigenvalue weighted by atomic mass is 16.2. The fourth-order valence-corrected chi connectivity index (χ4v) is 2.31. The molecule has 1 fully saturated rings. The molecule has 1 aliphatic rings. The van der Waals surface area contributed by atoms with Crippen molar-refractivity contribution in [3.8, 4) is 0 Å². The molecule has 1 unspecified atom stereocenters. The molecule has 0 aromatic carbocycles. The molecule has 0 bridgehead atoms. The molecule has 0 aliphatic carbocycles. The van der Waals surface area contributed by atoms with Crippen molar-refractivity contribution >= 4 is 11.6 Å². The van der Waals surface area contributed by atoms with E-state index in [0.29, 0.717) is 18.8 Å². The summed E-state index contributed by atoms with van der Waals surface area (Å²) >= 11 is 0. The number of amides is 1. The predicted molar refractivity (Wildman–Crippen MR) is 75.2 cm³/mol. The normalized spacial score (nSPS) is 22.4. The van der Waals surface area contributed by atoms with Crippen LogP contribution in [0, 0.1) is 5.41 Å². The van der Waals surface area contributed by atoms with Gasteiger partial charge >= 0.3 is 0 Å². The lowest BCUT2D eigenvalue weighted by Crippen LogP contribution is -2.35. The second-order valence-corrected chi connectivity index (χ2v) is 5.39. The molecule has 19 heavy (non-hydrogen) atoms. The molecule has 0 saturated carbocycles. The smallest absolute Gasteiger partial charge is 0.250 e. The van der Waals surface area contributed by atoms with Crippen LogP contribution in [0.1, 0.15) is 26.7 Å². The summed E-state index contributed by atoms with van der Waals surface area (Å²) in [5.41, 5.74) is 0.297. The molecule has 2 N–H and O–H groups in total. The summed E-state index contributed by atoms with van der Waals surface area (Å²) in [6.07, 6.45) is 3.45. The molecule has 1 aliphatic heterocycles. The maximum atomic E-state index is 12.3. The third-order valence-electron chi connectivity index (χ3n) is 3.62. The zero-order valence-corrected chi connectivity index (χ0v) is 11.5. The van der Waals surface area contributed by atoms with Gasteiger partial charge in [0.15, 0.2) is 0 Å². The highest BCUT2D eigenvalue weighted by molar-refractivity contribution is 5.95. The van der Waals surface area contributed by atoms with Crippen molar-refractivity contribution in [2.24, 2.45) is 5.41 Å². The van der Waals surface area contributed by atoms with Gasteiger partial charge in [0, 0.05) is 25.4 Å². The lowest BCUT2D eigenvalue weighted by Gasteiger charge is -2.21. The van der Waals surface area contributed by atoms with Crippen molar-refractivity contribution in [2.45, 2.75) is 33.2 Å². The number of hydrogen-bond donors (Lipinski definition) is 2. The third-order valence-corrected chi connectivity index (χ3v) is 3.62. The number of carbonyl (C=O) groups is 1. The zero-order valence-electron chi connectivity index (χ0n) is 11.5. The van der Waals surface area contributed by atoms with Gasteiger partial charge in [-0.2, -0.15) is 0 Å². The first kappa shape index (κ1) is 13.8. The Bertz CT molecular complexity index is 516. The molecule has 0 spiro atoms. The summed E-state index contributed by atoms with van der Waals surface area (Å²) < 4.78 is 1.63. The van der Waals surface area contributed by atoms with Crippen molar-refractivity contribution < 1.29 is 4.79 Å². The minimum Gasteiger partial charge on any atom is -0.324 e. The van der Waals surface area contributed by atoms with E-state index in [2.05, 4.69) is 10.6 Å². The van der Waals surface area contributed by atoms with E-state index >= 15 is 0 Å². The third kappa shape index (κ3) is 3.04. The van der Waals surface area contributed by atoms with Crippen LogP contribution in [-0.4, -0.2) is 23.6 Å². The summed E-state index contributed by atoms with van der Waals surface area (Å²) in [6, 6.07) is 3.17. The molecule has 1 saturated heterocycles. The average Bonchev–Trinajstić information content (AvgIpc) is 2.82. The molecule has 2 heterocycles. The van der Waals surface area contributed by atoms with Gasteiger partial charge in [0.05, 0.1) is 11.1 Å². The topological polar surface area (TPSA) is 63.1 Å². The summed E-state index contributed by atoms with van der Waals surface area (Å²) in [7, 11) is 0. The minimum absolute atomic E-state index is 0.0131. The Hall–Kier alpha value is -1.62. The number of pyridine rings is 1. The van der Waals surface area contributed by atoms with Gasteiger partial charge in [-0.15, -0.1) is 0 Å². The van der Waals surface area contributed by atoms with Crippen LogP contribution in [0.3, 0.4) is 0 Å². The second-order valence-electron chi connectivity index (χ2n) is 5.39. The summed E-state index contributed by atoms with van der Waals surface area (Å²) in [6.45, 7) is 6.22. The number of aryl methyl sites for hydroxylation is 1. The molecule has 104 valence electrons. The maximum absolute atomic E-state index is 12.3. The van der Waals surface area contributed by atoms with Crippen LogP contribution < -0.4 is 16.2 Å². The first-order valence-electron chi connectivity index (χ1n) is 6.78. The Morgan fingerprint density at radius 2 is 2.32 bits per heavy atom. The van der Waals surface area contributed by atoms with E-state index in [1.807, 2.05) is 13.8 Å². The molecule has 2 rings (SSSR count). The highest BCUT2D eigenvalue weighted by Gasteiger charge is 2.36. The van der Waals surface area contributed by atoms with Crippen LogP contribution in [0.5, 0.6) is 0 Å². The van der Waals surface area contributed by atoms with Gasteiger partial charge in [0.1, 0.15) is 0 Å². The standard InChI is InChI=1S/C14H21N3O2/c1-3-8-17-9-11(4-5-12(17)18)16-13(19)14(2)6-7-15-10-14/h4-5,9,15H,3,6-8,10H2,1-2H3,(H,16,19). The number of anilines is 1. The quantitative estimate of drug-likeness (QED) is 0.858. The van der Waals surface area contributed by atoms with E-state index in [9.17, 15) is 9.59 Å². The van der Waals surface area contributed by atoms with Gasteiger partial charge in [-0.3, -0.25) is 9.59 Å². The summed E-state index contributed by atoms with van der Waals surface area (Å²) in [5, 5.41) is 6.12. The Morgan fingerprint density at radius 3 is 2.95 bits per heavy atom. The number of hydrogen-bond acceptors (Lipinski definition) is 3. The van der Waals surface area contributed by atoms with Crippen LogP contribution in [0.25, 0.3) is 0 Å². The highest BCUT2D eigenvalue weighted by Crippen LogP contribution is 2.26. The van der Waals surface area contributed by atoms with Crippen LogP contribution in [0.15, 0.2) is 23.1 Å². The fraction of sp³-hybridized carbons (Fsp3) is 0.571. The van der Waals surface area contributed by atoms with E-state index in [1.54, 1.807) is 16.8 Å². The monoisotopic (exact) mass is 263 g/mol.